The normalized spacial score (nSPS) is 18.2. The molecule has 0 amide bonds. The van der Waals surface area contributed by atoms with E-state index >= 15 is 0 Å². The standard InChI is InChI=1S/C9H11NO2/c10-8(9(11)12)6-7-4-2-1-3-5-7/h1-5,8H,6,10H2,(H,11,12)/t8-/m1/s1/i1D,2D,3D,4D,5D. The lowest BCUT2D eigenvalue weighted by Gasteiger charge is -2.04. The molecule has 0 heterocycles. The maximum atomic E-state index is 10.6. The van der Waals surface area contributed by atoms with Crippen molar-refractivity contribution in [1.82, 2.24) is 0 Å². The number of aliphatic carboxylic acids is 1. The summed E-state index contributed by atoms with van der Waals surface area (Å²) in [7, 11) is 0. The van der Waals surface area contributed by atoms with Crippen molar-refractivity contribution >= 4 is 5.97 Å². The fourth-order valence-corrected chi connectivity index (χ4v) is 0.685. The summed E-state index contributed by atoms with van der Waals surface area (Å²) < 4.78 is 37.2. The first-order valence-corrected chi connectivity index (χ1v) is 3.31. The monoisotopic (exact) mass is 170 g/mol. The van der Waals surface area contributed by atoms with Gasteiger partial charge in [-0.2, -0.15) is 0 Å². The van der Waals surface area contributed by atoms with Crippen molar-refractivity contribution in [1.29, 1.82) is 0 Å². The molecule has 0 spiro atoms. The molecule has 3 nitrogen and oxygen atoms in total. The molecule has 0 unspecified atom stereocenters. The van der Waals surface area contributed by atoms with E-state index in [1.807, 2.05) is 0 Å². The molecule has 1 aromatic rings. The molecule has 0 bridgehead atoms. The maximum Gasteiger partial charge on any atom is 0.320 e. The van der Waals surface area contributed by atoms with Crippen molar-refractivity contribution in [2.24, 2.45) is 5.73 Å². The zero-order chi connectivity index (χ0) is 13.3. The molecule has 0 aliphatic carbocycles. The van der Waals surface area contributed by atoms with Crippen molar-refractivity contribution in [2.45, 2.75) is 12.5 Å². The second-order valence-electron chi connectivity index (χ2n) is 2.25. The van der Waals surface area contributed by atoms with Crippen LogP contribution in [0.1, 0.15) is 12.4 Å². The molecule has 1 aromatic carbocycles. The van der Waals surface area contributed by atoms with Gasteiger partial charge >= 0.3 is 5.97 Å². The molecule has 0 fully saturated rings. The van der Waals surface area contributed by atoms with Gasteiger partial charge in [0.1, 0.15) is 6.04 Å². The molecular weight excluding hydrogens is 154 g/mol. The van der Waals surface area contributed by atoms with Crippen molar-refractivity contribution in [3.63, 3.8) is 0 Å². The van der Waals surface area contributed by atoms with Crippen molar-refractivity contribution in [3.05, 3.63) is 35.8 Å². The Hall–Kier alpha value is -1.35. The lowest BCUT2D eigenvalue weighted by atomic mass is 10.1. The average Bonchev–Trinajstić information content (AvgIpc) is 2.29. The predicted octanol–water partition coefficient (Wildman–Crippen LogP) is 0.641. The van der Waals surface area contributed by atoms with Crippen LogP contribution in [0.15, 0.2) is 30.2 Å². The van der Waals surface area contributed by atoms with Crippen LogP contribution in [0.2, 0.25) is 0 Å². The number of benzene rings is 1. The zero-order valence-electron chi connectivity index (χ0n) is 11.2. The van der Waals surface area contributed by atoms with Crippen LogP contribution in [0, 0.1) is 0 Å². The summed E-state index contributed by atoms with van der Waals surface area (Å²) in [4.78, 5) is 10.6. The number of hydrogen-bond acceptors (Lipinski definition) is 2. The van der Waals surface area contributed by atoms with E-state index in [0.717, 1.165) is 0 Å². The van der Waals surface area contributed by atoms with Crippen LogP contribution in [0.4, 0.5) is 0 Å². The van der Waals surface area contributed by atoms with Gasteiger partial charge in [-0.25, -0.2) is 0 Å². The minimum absolute atomic E-state index is 0.0779. The molecule has 0 saturated carbocycles. The Balaban J connectivity index is 3.30. The van der Waals surface area contributed by atoms with E-state index in [-0.39, 0.29) is 12.0 Å². The molecule has 0 aliphatic heterocycles. The van der Waals surface area contributed by atoms with Crippen LogP contribution in [0.25, 0.3) is 0 Å². The van der Waals surface area contributed by atoms with Gasteiger partial charge < -0.3 is 10.8 Å². The molecular formula is C9H11NO2. The van der Waals surface area contributed by atoms with Crippen LogP contribution < -0.4 is 5.73 Å². The number of hydrogen-bond donors (Lipinski definition) is 2. The van der Waals surface area contributed by atoms with Crippen LogP contribution in [-0.2, 0) is 11.2 Å². The fraction of sp³-hybridized carbons (Fsp3) is 0.222. The molecule has 0 aliphatic rings. The maximum absolute atomic E-state index is 10.6. The van der Waals surface area contributed by atoms with Gasteiger partial charge in [-0.15, -0.1) is 0 Å². The van der Waals surface area contributed by atoms with Gasteiger partial charge in [0.25, 0.3) is 0 Å². The Bertz CT molecular complexity index is 448. The Morgan fingerprint density at radius 3 is 2.67 bits per heavy atom. The average molecular weight is 170 g/mol. The van der Waals surface area contributed by atoms with Gasteiger partial charge in [-0.05, 0) is 12.0 Å². The summed E-state index contributed by atoms with van der Waals surface area (Å²) in [5.74, 6) is -1.28. The smallest absolute Gasteiger partial charge is 0.320 e. The summed E-state index contributed by atoms with van der Waals surface area (Å²) in [5, 5.41) is 8.64. The molecule has 1 atom stereocenters. The van der Waals surface area contributed by atoms with Crippen LogP contribution in [0.3, 0.4) is 0 Å². The zero-order valence-corrected chi connectivity index (χ0v) is 6.22. The molecule has 0 saturated heterocycles. The van der Waals surface area contributed by atoms with Gasteiger partial charge in [-0.1, -0.05) is 30.2 Å². The van der Waals surface area contributed by atoms with Gasteiger partial charge in [0.05, 0.1) is 6.85 Å². The lowest BCUT2D eigenvalue weighted by molar-refractivity contribution is -0.138. The van der Waals surface area contributed by atoms with Crippen molar-refractivity contribution in [2.75, 3.05) is 0 Å². The van der Waals surface area contributed by atoms with Gasteiger partial charge in [0.2, 0.25) is 0 Å². The summed E-state index contributed by atoms with van der Waals surface area (Å²) in [5.41, 5.74) is 5.21. The third kappa shape index (κ3) is 2.36. The summed E-state index contributed by atoms with van der Waals surface area (Å²) >= 11 is 0. The molecule has 0 aromatic heterocycles. The van der Waals surface area contributed by atoms with Gasteiger partial charge in [0, 0.05) is 0 Å². The fourth-order valence-electron chi connectivity index (χ4n) is 0.685. The number of carbonyl (C=O) groups is 1. The highest BCUT2D eigenvalue weighted by atomic mass is 16.4. The minimum atomic E-state index is -1.29. The predicted molar refractivity (Wildman–Crippen MR) is 45.8 cm³/mol. The SMILES string of the molecule is [2H]c1c([2H])c([2H])c(C[C@@H](N)C(=O)O)c([2H])c1[2H]. The van der Waals surface area contributed by atoms with Crippen LogP contribution in [-0.4, -0.2) is 17.1 Å². The van der Waals surface area contributed by atoms with E-state index in [4.69, 9.17) is 17.7 Å². The number of rotatable bonds is 3. The van der Waals surface area contributed by atoms with Gasteiger partial charge in [0.15, 0.2) is 0 Å². The highest BCUT2D eigenvalue weighted by Gasteiger charge is 2.10. The number of carboxylic acid groups (broad SMARTS) is 1. The van der Waals surface area contributed by atoms with E-state index in [1.165, 1.54) is 0 Å². The van der Waals surface area contributed by atoms with E-state index in [1.54, 1.807) is 0 Å². The summed E-state index contributed by atoms with van der Waals surface area (Å²) in [6.45, 7) is 0. The van der Waals surface area contributed by atoms with Crippen LogP contribution >= 0.6 is 0 Å². The Labute approximate surface area is 77.8 Å². The molecule has 1 rings (SSSR count). The number of carboxylic acids is 1. The highest BCUT2D eigenvalue weighted by molar-refractivity contribution is 5.73. The van der Waals surface area contributed by atoms with Crippen molar-refractivity contribution in [3.8, 4) is 0 Å². The quantitative estimate of drug-likeness (QED) is 0.699. The van der Waals surface area contributed by atoms with Gasteiger partial charge in [-0.3, -0.25) is 4.79 Å². The Kier molecular flexibility index (Phi) is 1.31. The largest absolute Gasteiger partial charge is 0.480 e. The third-order valence-electron chi connectivity index (χ3n) is 1.29. The molecule has 12 heavy (non-hydrogen) atoms. The molecule has 64 valence electrons. The second kappa shape index (κ2) is 3.88. The topological polar surface area (TPSA) is 63.3 Å². The van der Waals surface area contributed by atoms with E-state index < -0.39 is 42.2 Å². The van der Waals surface area contributed by atoms with E-state index in [0.29, 0.717) is 0 Å². The Morgan fingerprint density at radius 1 is 1.58 bits per heavy atom. The van der Waals surface area contributed by atoms with Crippen molar-refractivity contribution < 1.29 is 16.8 Å². The summed E-state index contributed by atoms with van der Waals surface area (Å²) in [6, 6.07) is -3.59. The first kappa shape index (κ1) is 4.05. The Morgan fingerprint density at radius 2 is 2.17 bits per heavy atom. The van der Waals surface area contributed by atoms with Crippen LogP contribution in [0.5, 0.6) is 0 Å². The molecule has 3 heteroatoms. The third-order valence-corrected chi connectivity index (χ3v) is 1.29. The second-order valence-corrected chi connectivity index (χ2v) is 2.25. The number of nitrogens with two attached hydrogens (primary N) is 1. The van der Waals surface area contributed by atoms with E-state index in [2.05, 4.69) is 0 Å². The molecule has 0 radical (unpaired) electrons. The van der Waals surface area contributed by atoms with E-state index in [9.17, 15) is 4.79 Å². The first-order valence-electron chi connectivity index (χ1n) is 5.81. The summed E-state index contributed by atoms with van der Waals surface area (Å²) in [6.07, 6.45) is -0.301. The highest BCUT2D eigenvalue weighted by Crippen LogP contribution is 2.01. The minimum Gasteiger partial charge on any atom is -0.480 e. The lowest BCUT2D eigenvalue weighted by Crippen LogP contribution is -2.32. The first-order chi connectivity index (χ1) is 7.77. The molecule has 3 N–H and O–H groups in total.